The van der Waals surface area contributed by atoms with Crippen LogP contribution in [0, 0.1) is 23.2 Å². The molecule has 2 aliphatic carbocycles. The normalized spacial score (nSPS) is 41.6. The first-order valence-electron chi connectivity index (χ1n) is 8.72. The molecule has 9 heteroatoms. The van der Waals surface area contributed by atoms with Crippen LogP contribution >= 0.6 is 20.4 Å². The summed E-state index contributed by atoms with van der Waals surface area (Å²) in [5.41, 5.74) is -0.640. The molecule has 3 aliphatic heterocycles. The summed E-state index contributed by atoms with van der Waals surface area (Å²) in [4.78, 5) is 36.4. The summed E-state index contributed by atoms with van der Waals surface area (Å²) in [7, 11) is 0. The van der Waals surface area contributed by atoms with Gasteiger partial charge in [0.25, 0.3) is 0 Å². The molecule has 3 heterocycles. The summed E-state index contributed by atoms with van der Waals surface area (Å²) in [6.45, 7) is 3.43. The van der Waals surface area contributed by atoms with Gasteiger partial charge in [-0.3, -0.25) is 0 Å². The van der Waals surface area contributed by atoms with Gasteiger partial charge in [-0.25, -0.2) is 0 Å². The number of hydrogen-bond acceptors (Lipinski definition) is 8. The standard InChI is InChI=1S/C16H21IN2O6/c1-3-15(2,16-17(18-16)19-16)14(22)23-6-10(20)24-11-7-4-8-9(5-7)13(21)25-12(8)11/h7-9,11-12,18-19H,3-6H2,1-2H3. The molecule has 6 unspecified atom stereocenters. The summed E-state index contributed by atoms with van der Waals surface area (Å²) >= 11 is -1.29. The molecule has 2 saturated carbocycles. The Labute approximate surface area is 152 Å². The van der Waals surface area contributed by atoms with E-state index < -0.39 is 38.4 Å². The molecular weight excluding hydrogens is 443 g/mol. The molecule has 5 rings (SSSR count). The van der Waals surface area contributed by atoms with Crippen LogP contribution in [0.4, 0.5) is 0 Å². The molecule has 0 aromatic carbocycles. The van der Waals surface area contributed by atoms with E-state index in [-0.39, 0.29) is 45.6 Å². The van der Waals surface area contributed by atoms with Crippen molar-refractivity contribution in [3.8, 4) is 0 Å². The van der Waals surface area contributed by atoms with E-state index in [1.165, 1.54) is 0 Å². The molecule has 6 atom stereocenters. The zero-order valence-corrected chi connectivity index (χ0v) is 16.2. The summed E-state index contributed by atoms with van der Waals surface area (Å²) in [6.07, 6.45) is 1.55. The molecule has 3 saturated heterocycles. The van der Waals surface area contributed by atoms with Crippen molar-refractivity contribution < 1.29 is 28.6 Å². The minimum absolute atomic E-state index is 0.0120. The van der Waals surface area contributed by atoms with Gasteiger partial charge in [0.15, 0.2) is 0 Å². The minimum atomic E-state index is -1.29. The predicted molar refractivity (Wildman–Crippen MR) is 91.8 cm³/mol. The Morgan fingerprint density at radius 2 is 2.12 bits per heavy atom. The third kappa shape index (κ3) is 2.08. The Hall–Kier alpha value is -0.940. The van der Waals surface area contributed by atoms with Crippen LogP contribution in [-0.4, -0.2) is 40.4 Å². The summed E-state index contributed by atoms with van der Waals surface area (Å²) in [5.74, 6) is -0.737. The quantitative estimate of drug-likeness (QED) is 0.112. The van der Waals surface area contributed by atoms with Gasteiger partial charge >= 0.3 is 153 Å². The second-order valence-corrected chi connectivity index (χ2v) is 12.1. The van der Waals surface area contributed by atoms with Gasteiger partial charge in [-0.15, -0.1) is 0 Å². The van der Waals surface area contributed by atoms with E-state index in [1.54, 1.807) is 0 Å². The Balaban J connectivity index is 1.17. The first-order valence-corrected chi connectivity index (χ1v) is 12.0. The number of carbonyl (C=O) groups is 3. The maximum atomic E-state index is 12.5. The van der Waals surface area contributed by atoms with E-state index in [2.05, 4.69) is 7.06 Å². The molecule has 0 spiro atoms. The Morgan fingerprint density at radius 3 is 2.76 bits per heavy atom. The second-order valence-electron chi connectivity index (χ2n) is 7.75. The van der Waals surface area contributed by atoms with Crippen LogP contribution in [0.3, 0.4) is 0 Å². The number of hydrogen-bond donors (Lipinski definition) is 2. The number of alkyl halides is 1. The van der Waals surface area contributed by atoms with Crippen LogP contribution in [0.1, 0.15) is 33.1 Å². The Kier molecular flexibility index (Phi) is 3.29. The molecule has 25 heavy (non-hydrogen) atoms. The van der Waals surface area contributed by atoms with Gasteiger partial charge in [0.05, 0.1) is 0 Å². The van der Waals surface area contributed by atoms with E-state index in [0.717, 1.165) is 12.8 Å². The maximum absolute atomic E-state index is 12.5. The van der Waals surface area contributed by atoms with Crippen molar-refractivity contribution in [2.45, 2.75) is 49.0 Å². The van der Waals surface area contributed by atoms with Gasteiger partial charge in [-0.1, -0.05) is 0 Å². The van der Waals surface area contributed by atoms with Gasteiger partial charge < -0.3 is 0 Å². The van der Waals surface area contributed by atoms with Crippen LogP contribution in [-0.2, 0) is 28.6 Å². The number of halogens is 1. The van der Waals surface area contributed by atoms with Crippen molar-refractivity contribution in [2.75, 3.05) is 6.61 Å². The third-order valence-electron chi connectivity index (χ3n) is 6.58. The van der Waals surface area contributed by atoms with Crippen LogP contribution in [0.2, 0.25) is 0 Å². The zero-order valence-electron chi connectivity index (χ0n) is 14.0. The van der Waals surface area contributed by atoms with Crippen molar-refractivity contribution in [3.63, 3.8) is 0 Å². The van der Waals surface area contributed by atoms with E-state index >= 15 is 0 Å². The average Bonchev–Trinajstić information content (AvgIpc) is 3.34. The molecule has 0 radical (unpaired) electrons. The Morgan fingerprint density at radius 1 is 1.40 bits per heavy atom. The second kappa shape index (κ2) is 5.07. The van der Waals surface area contributed by atoms with Crippen molar-refractivity contribution in [3.05, 3.63) is 0 Å². The molecule has 2 bridgehead atoms. The average molecular weight is 464 g/mol. The van der Waals surface area contributed by atoms with Gasteiger partial charge in [0.2, 0.25) is 0 Å². The molecule has 2 N–H and O–H groups in total. The summed E-state index contributed by atoms with van der Waals surface area (Å²) in [6, 6.07) is 0. The van der Waals surface area contributed by atoms with Crippen LogP contribution in [0.15, 0.2) is 0 Å². The van der Waals surface area contributed by atoms with Gasteiger partial charge in [0, 0.05) is 0 Å². The van der Waals surface area contributed by atoms with Crippen LogP contribution in [0.25, 0.3) is 0 Å². The fraction of sp³-hybridized carbons (Fsp3) is 0.812. The van der Waals surface area contributed by atoms with E-state index in [1.807, 2.05) is 13.8 Å². The van der Waals surface area contributed by atoms with E-state index in [9.17, 15) is 14.4 Å². The number of fused-ring (bicyclic) bond motifs is 2. The predicted octanol–water partition coefficient (Wildman–Crippen LogP) is 0.636. The fourth-order valence-electron chi connectivity index (χ4n) is 4.70. The summed E-state index contributed by atoms with van der Waals surface area (Å²) in [5, 5.41) is 0. The first-order chi connectivity index (χ1) is 11.9. The fourth-order valence-corrected chi connectivity index (χ4v) is 10.3. The number of ether oxygens (including phenoxy) is 3. The summed E-state index contributed by atoms with van der Waals surface area (Å²) < 4.78 is 22.6. The van der Waals surface area contributed by atoms with Crippen LogP contribution < -0.4 is 7.06 Å². The zero-order chi connectivity index (χ0) is 17.6. The van der Waals surface area contributed by atoms with Crippen molar-refractivity contribution in [2.24, 2.45) is 23.2 Å². The Bertz CT molecular complexity index is 680. The molecule has 5 fully saturated rings. The van der Waals surface area contributed by atoms with E-state index in [4.69, 9.17) is 14.2 Å². The van der Waals surface area contributed by atoms with Gasteiger partial charge in [0.1, 0.15) is 0 Å². The molecular formula is C16H21IN2O6. The van der Waals surface area contributed by atoms with Crippen molar-refractivity contribution >= 4 is 38.3 Å². The molecule has 0 aromatic rings. The van der Waals surface area contributed by atoms with Crippen molar-refractivity contribution in [1.29, 1.82) is 0 Å². The molecule has 0 amide bonds. The van der Waals surface area contributed by atoms with Crippen molar-refractivity contribution in [1.82, 2.24) is 7.06 Å². The van der Waals surface area contributed by atoms with E-state index in [0.29, 0.717) is 6.42 Å². The van der Waals surface area contributed by atoms with Gasteiger partial charge in [-0.05, 0) is 0 Å². The number of esters is 3. The SMILES string of the molecule is CCC(C)(C(=O)OCC(=O)OC1C2CC3C(=O)OC1C3C2)C12NI1N2. The first kappa shape index (κ1) is 16.2. The number of carbonyl (C=O) groups excluding carboxylic acids is 3. The monoisotopic (exact) mass is 464 g/mol. The number of rotatable bonds is 6. The van der Waals surface area contributed by atoms with Gasteiger partial charge in [-0.2, -0.15) is 0 Å². The molecule has 8 nitrogen and oxygen atoms in total. The molecule has 0 aromatic heterocycles. The topological polar surface area (TPSA) is 123 Å². The molecule has 5 aliphatic rings. The van der Waals surface area contributed by atoms with Crippen LogP contribution in [0.5, 0.6) is 0 Å². The third-order valence-corrected chi connectivity index (χ3v) is 11.5. The number of nitrogens with one attached hydrogen (secondary N) is 2. The molecule has 138 valence electrons.